The van der Waals surface area contributed by atoms with Gasteiger partial charge in [-0.15, -0.1) is 0 Å². The molecule has 3 saturated heterocycles. The third-order valence-corrected chi connectivity index (χ3v) is 14.0. The number of hydrogen-bond donors (Lipinski definition) is 3. The molecule has 3 aromatic carbocycles. The lowest BCUT2D eigenvalue weighted by Gasteiger charge is -2.36. The number of allylic oxidation sites excluding steroid dienone is 2. The first-order valence-electron chi connectivity index (χ1n) is 23.3. The molecule has 0 aliphatic carbocycles. The van der Waals surface area contributed by atoms with Crippen molar-refractivity contribution >= 4 is 28.1 Å². The van der Waals surface area contributed by atoms with E-state index in [1.165, 1.54) is 19.1 Å². The lowest BCUT2D eigenvalue weighted by atomic mass is 9.98. The van der Waals surface area contributed by atoms with Crippen LogP contribution in [0.15, 0.2) is 103 Å². The van der Waals surface area contributed by atoms with Crippen molar-refractivity contribution in [2.45, 2.75) is 143 Å². The predicted molar refractivity (Wildman–Crippen MR) is 258 cm³/mol. The normalized spacial score (nSPS) is 21.4. The number of imidazole rings is 1. The summed E-state index contributed by atoms with van der Waals surface area (Å²) in [6.07, 6.45) is 7.47. The van der Waals surface area contributed by atoms with Crippen LogP contribution in [-0.4, -0.2) is 56.7 Å². The van der Waals surface area contributed by atoms with Gasteiger partial charge in [0, 0.05) is 52.8 Å². The minimum atomic E-state index is -0.546. The number of aromatic amines is 1. The van der Waals surface area contributed by atoms with Gasteiger partial charge in [-0.2, -0.15) is 0 Å². The van der Waals surface area contributed by atoms with Gasteiger partial charge in [0.1, 0.15) is 17.5 Å². The molecule has 3 N–H and O–H groups in total. The number of aryl methyl sites for hydroxylation is 1. The Kier molecular flexibility index (Phi) is 13.9. The molecule has 3 aliphatic heterocycles. The number of aromatic nitrogens is 2. The molecule has 8 nitrogen and oxygen atoms in total. The van der Waals surface area contributed by atoms with Crippen LogP contribution in [0.3, 0.4) is 0 Å². The maximum Gasteiger partial charge on any atom is 0.131 e. The van der Waals surface area contributed by atoms with Crippen molar-refractivity contribution in [2.75, 3.05) is 18.0 Å². The first-order valence-corrected chi connectivity index (χ1v) is 23.3. The Morgan fingerprint density at radius 1 is 0.794 bits per heavy atom. The fourth-order valence-corrected chi connectivity index (χ4v) is 10.1. The van der Waals surface area contributed by atoms with Gasteiger partial charge in [0.2, 0.25) is 0 Å². The minimum Gasteiger partial charge on any atom is -0.381 e. The Morgan fingerprint density at radius 3 is 2.08 bits per heavy atom. The van der Waals surface area contributed by atoms with Crippen LogP contribution in [0.1, 0.15) is 139 Å². The Labute approximate surface area is 375 Å². The maximum atomic E-state index is 15.5. The third kappa shape index (κ3) is 9.46. The molecule has 4 unspecified atom stereocenters. The molecule has 0 amide bonds. The molecule has 10 heteroatoms. The van der Waals surface area contributed by atoms with Gasteiger partial charge in [-0.05, 0) is 132 Å². The average molecular weight is 857 g/mol. The molecule has 336 valence electrons. The van der Waals surface area contributed by atoms with Crippen LogP contribution in [0.4, 0.5) is 20.2 Å². The number of halogens is 2. The summed E-state index contributed by atoms with van der Waals surface area (Å²) in [5.74, 6) is 0.188. The molecular weight excluding hydrogens is 787 g/mol. The molecule has 4 aromatic rings. The molecule has 1 aromatic heterocycles. The van der Waals surface area contributed by atoms with Crippen molar-refractivity contribution < 1.29 is 8.78 Å². The van der Waals surface area contributed by atoms with Gasteiger partial charge in [-0.1, -0.05) is 72.2 Å². The van der Waals surface area contributed by atoms with E-state index in [1.54, 1.807) is 0 Å². The fraction of sp³-hybridized carbons (Fsp3) is 0.472. The summed E-state index contributed by atoms with van der Waals surface area (Å²) in [7, 11) is 0. The standard InChI is InChI=1S/C53H70F2N8/c1-13-33(6)56-36(9)38(11)61-25-16-18-51(61)53-59-45-22-21-41(28-47(45)60-53)50-24-23-49(63(50)42-29-43(54)35(8)44(55)30-42)40-20-19-32(5)46(27-40)58-37(10)48-17-15-26-62(48)39(12)52(31(3)4)57-34(7)14-2/h19-22,27-31,36,48-52,56-57H,6-7,11-18,23-26H2,1-5,8-10H3,(H,59,60)/t36?,48-,49?,50+,51?,52?/m0/s1. The van der Waals surface area contributed by atoms with Crippen LogP contribution in [0.25, 0.3) is 11.0 Å². The van der Waals surface area contributed by atoms with Gasteiger partial charge in [0.25, 0.3) is 0 Å². The number of benzene rings is 3. The molecule has 4 heterocycles. The monoisotopic (exact) mass is 857 g/mol. The van der Waals surface area contributed by atoms with Gasteiger partial charge in [-0.3, -0.25) is 4.99 Å². The fourth-order valence-electron chi connectivity index (χ4n) is 10.1. The van der Waals surface area contributed by atoms with E-state index in [0.29, 0.717) is 11.6 Å². The highest BCUT2D eigenvalue weighted by Gasteiger charge is 2.38. The highest BCUT2D eigenvalue weighted by atomic mass is 19.1. The molecule has 6 atom stereocenters. The van der Waals surface area contributed by atoms with E-state index in [4.69, 9.17) is 9.98 Å². The smallest absolute Gasteiger partial charge is 0.131 e. The average Bonchev–Trinajstić information content (AvgIpc) is 4.10. The summed E-state index contributed by atoms with van der Waals surface area (Å²) in [5, 5.41) is 7.13. The van der Waals surface area contributed by atoms with E-state index in [-0.39, 0.29) is 41.8 Å². The van der Waals surface area contributed by atoms with Gasteiger partial charge in [-0.25, -0.2) is 13.8 Å². The van der Waals surface area contributed by atoms with Crippen LogP contribution in [0.5, 0.6) is 0 Å². The van der Waals surface area contributed by atoms with Crippen molar-refractivity contribution in [3.05, 3.63) is 137 Å². The van der Waals surface area contributed by atoms with Crippen molar-refractivity contribution in [1.29, 1.82) is 0 Å². The van der Waals surface area contributed by atoms with Crippen LogP contribution < -0.4 is 15.5 Å². The molecular formula is C53H70F2N8. The molecule has 0 bridgehead atoms. The molecule has 63 heavy (non-hydrogen) atoms. The second kappa shape index (κ2) is 19.2. The zero-order chi connectivity index (χ0) is 45.3. The van der Waals surface area contributed by atoms with Crippen LogP contribution >= 0.6 is 0 Å². The van der Waals surface area contributed by atoms with E-state index in [1.807, 2.05) is 0 Å². The first-order chi connectivity index (χ1) is 30.1. The number of aliphatic imine (C=N–C) groups is 1. The molecule has 3 aliphatic rings. The Morgan fingerprint density at radius 2 is 1.41 bits per heavy atom. The van der Waals surface area contributed by atoms with Crippen LogP contribution in [0.2, 0.25) is 0 Å². The maximum absolute atomic E-state index is 15.5. The number of rotatable bonds is 17. The highest BCUT2D eigenvalue weighted by molar-refractivity contribution is 5.90. The SMILES string of the molecule is C=C(CC)NC(C)C(=C)N1CCCC1c1nc2ccc([C@H]3CCC(c4ccc(C)c(N=C(C)[C@@H]5CCCN5C(=C)C(NC(=C)CC)C(C)C)c4)N3c3cc(F)c(C)c(F)c3)cc2[nH]1. The van der Waals surface area contributed by atoms with Gasteiger partial charge >= 0.3 is 0 Å². The highest BCUT2D eigenvalue weighted by Crippen LogP contribution is 2.49. The van der Waals surface area contributed by atoms with E-state index >= 15 is 8.78 Å². The topological polar surface area (TPSA) is 74.8 Å². The van der Waals surface area contributed by atoms with E-state index in [0.717, 1.165) is 132 Å². The number of H-pyrrole nitrogens is 1. The zero-order valence-electron chi connectivity index (χ0n) is 39.1. The quantitative estimate of drug-likeness (QED) is 0.0919. The minimum absolute atomic E-state index is 0.0263. The van der Waals surface area contributed by atoms with Gasteiger partial charge in [0.05, 0.1) is 53.0 Å². The number of anilines is 1. The first kappa shape index (κ1) is 45.6. The van der Waals surface area contributed by atoms with Gasteiger partial charge in [0.15, 0.2) is 0 Å². The number of hydrogen-bond acceptors (Lipinski definition) is 7. The van der Waals surface area contributed by atoms with E-state index < -0.39 is 11.6 Å². The van der Waals surface area contributed by atoms with Crippen molar-refractivity contribution in [2.24, 2.45) is 10.9 Å². The summed E-state index contributed by atoms with van der Waals surface area (Å²) in [5.41, 5.74) is 11.7. The van der Waals surface area contributed by atoms with Crippen molar-refractivity contribution in [1.82, 2.24) is 30.4 Å². The molecule has 3 fully saturated rings. The molecule has 0 saturated carbocycles. The summed E-state index contributed by atoms with van der Waals surface area (Å²) in [6.45, 7) is 35.9. The summed E-state index contributed by atoms with van der Waals surface area (Å²) in [4.78, 5) is 21.2. The zero-order valence-corrected chi connectivity index (χ0v) is 39.1. The third-order valence-electron chi connectivity index (χ3n) is 14.0. The molecule has 7 rings (SSSR count). The van der Waals surface area contributed by atoms with Crippen LogP contribution in [0, 0.1) is 31.4 Å². The lowest BCUT2D eigenvalue weighted by molar-refractivity contribution is 0.294. The van der Waals surface area contributed by atoms with Crippen LogP contribution in [-0.2, 0) is 0 Å². The second-order valence-electron chi connectivity index (χ2n) is 18.6. The summed E-state index contributed by atoms with van der Waals surface area (Å²) < 4.78 is 30.9. The summed E-state index contributed by atoms with van der Waals surface area (Å²) >= 11 is 0. The number of fused-ring (bicyclic) bond motifs is 1. The van der Waals surface area contributed by atoms with E-state index in [2.05, 4.69) is 141 Å². The van der Waals surface area contributed by atoms with E-state index in [9.17, 15) is 0 Å². The number of nitrogens with one attached hydrogen (secondary N) is 3. The number of likely N-dealkylation sites (tertiary alicyclic amines) is 2. The largest absolute Gasteiger partial charge is 0.381 e. The summed E-state index contributed by atoms with van der Waals surface area (Å²) in [6, 6.07) is 16.0. The lowest BCUT2D eigenvalue weighted by Crippen LogP contribution is -2.44. The molecule has 0 spiro atoms. The van der Waals surface area contributed by atoms with Crippen molar-refractivity contribution in [3.8, 4) is 0 Å². The molecule has 0 radical (unpaired) electrons. The Bertz CT molecular complexity index is 2370. The predicted octanol–water partition coefficient (Wildman–Crippen LogP) is 12.7. The second-order valence-corrected chi connectivity index (χ2v) is 18.6. The number of nitrogens with zero attached hydrogens (tertiary/aromatic N) is 5. The Hall–Kier alpha value is -5.38. The van der Waals surface area contributed by atoms with Crippen molar-refractivity contribution in [3.63, 3.8) is 0 Å². The Balaban J connectivity index is 1.19. The van der Waals surface area contributed by atoms with Gasteiger partial charge < -0.3 is 30.3 Å².